The molecule has 0 aromatic heterocycles. The molecule has 0 unspecified atom stereocenters. The molecule has 0 saturated heterocycles. The second kappa shape index (κ2) is 9.01. The second-order valence-electron chi connectivity index (χ2n) is 7.49. The fourth-order valence-electron chi connectivity index (χ4n) is 3.16. The Hall–Kier alpha value is -3.38. The van der Waals surface area contributed by atoms with Crippen LogP contribution in [0.2, 0.25) is 0 Å². The summed E-state index contributed by atoms with van der Waals surface area (Å²) in [6.45, 7) is -1.74. The highest BCUT2D eigenvalue weighted by Crippen LogP contribution is 2.39. The van der Waals surface area contributed by atoms with E-state index in [-0.39, 0.29) is 12.0 Å². The van der Waals surface area contributed by atoms with Crippen LogP contribution in [0.4, 0.5) is 22.0 Å². The molecule has 3 N–H and O–H groups in total. The van der Waals surface area contributed by atoms with Crippen molar-refractivity contribution >= 4 is 17.8 Å². The number of carboxylic acid groups (broad SMARTS) is 1. The smallest absolute Gasteiger partial charge is 0.419 e. The summed E-state index contributed by atoms with van der Waals surface area (Å²) in [6, 6.07) is 2.20. The van der Waals surface area contributed by atoms with Crippen LogP contribution in [-0.4, -0.2) is 51.6 Å². The van der Waals surface area contributed by atoms with E-state index in [1.807, 2.05) is 5.32 Å². The van der Waals surface area contributed by atoms with Crippen molar-refractivity contribution in [1.82, 2.24) is 10.2 Å². The summed E-state index contributed by atoms with van der Waals surface area (Å²) in [5.41, 5.74) is -3.29. The van der Waals surface area contributed by atoms with Gasteiger partial charge in [0.15, 0.2) is 0 Å². The van der Waals surface area contributed by atoms with Crippen molar-refractivity contribution < 1.29 is 51.3 Å². The van der Waals surface area contributed by atoms with Gasteiger partial charge in [0.2, 0.25) is 0 Å². The van der Waals surface area contributed by atoms with E-state index in [0.29, 0.717) is 12.1 Å². The van der Waals surface area contributed by atoms with E-state index in [1.165, 1.54) is 13.8 Å². The number of alkyl halides is 5. The number of hydrogen-bond acceptors (Lipinski definition) is 5. The number of aliphatic hydroxyl groups excluding tert-OH is 1. The highest BCUT2D eigenvalue weighted by Gasteiger charge is 2.43. The SMILES string of the molecule is CC1(C)CC(O)=C(C(=O)NCC(=O)O)C(=O)N1Cc1ccc(C(F)(F)F)c(OC(F)F)c1. The van der Waals surface area contributed by atoms with Gasteiger partial charge in [-0.25, -0.2) is 0 Å². The zero-order valence-corrected chi connectivity index (χ0v) is 16.8. The number of rotatable bonds is 7. The monoisotopic (exact) mass is 466 g/mol. The van der Waals surface area contributed by atoms with E-state index in [0.717, 1.165) is 11.0 Å². The minimum absolute atomic E-state index is 0.0123. The van der Waals surface area contributed by atoms with Crippen LogP contribution in [0.25, 0.3) is 0 Å². The molecule has 1 aliphatic heterocycles. The summed E-state index contributed by atoms with van der Waals surface area (Å²) in [4.78, 5) is 36.8. The normalized spacial score (nSPS) is 16.4. The van der Waals surface area contributed by atoms with Gasteiger partial charge in [0, 0.05) is 18.5 Å². The fraction of sp³-hybridized carbons (Fsp3) is 0.421. The molecule has 0 bridgehead atoms. The Kier molecular flexibility index (Phi) is 7.00. The van der Waals surface area contributed by atoms with Gasteiger partial charge in [-0.1, -0.05) is 6.07 Å². The summed E-state index contributed by atoms with van der Waals surface area (Å²) in [5, 5.41) is 20.8. The van der Waals surface area contributed by atoms with Gasteiger partial charge in [-0.3, -0.25) is 14.4 Å². The molecule has 13 heteroatoms. The first kappa shape index (κ1) is 24.9. The molecule has 2 amide bonds. The highest BCUT2D eigenvalue weighted by molar-refractivity contribution is 6.19. The van der Waals surface area contributed by atoms with Crippen LogP contribution in [0.15, 0.2) is 29.5 Å². The molecule has 1 aromatic carbocycles. The Morgan fingerprint density at radius 3 is 2.44 bits per heavy atom. The van der Waals surface area contributed by atoms with Crippen molar-refractivity contribution in [2.45, 2.75) is 45.1 Å². The van der Waals surface area contributed by atoms with Gasteiger partial charge in [-0.05, 0) is 31.5 Å². The second-order valence-corrected chi connectivity index (χ2v) is 7.49. The van der Waals surface area contributed by atoms with Gasteiger partial charge in [0.05, 0.1) is 5.56 Å². The molecule has 0 radical (unpaired) electrons. The van der Waals surface area contributed by atoms with Crippen LogP contribution in [0, 0.1) is 0 Å². The maximum Gasteiger partial charge on any atom is 0.419 e. The third-order valence-electron chi connectivity index (χ3n) is 4.61. The topological polar surface area (TPSA) is 116 Å². The number of nitrogens with zero attached hydrogens (tertiary/aromatic N) is 1. The number of carbonyl (C=O) groups excluding carboxylic acids is 2. The first-order chi connectivity index (χ1) is 14.6. The van der Waals surface area contributed by atoms with Crippen LogP contribution in [-0.2, 0) is 27.1 Å². The average Bonchev–Trinajstić information content (AvgIpc) is 2.61. The summed E-state index contributed by atoms with van der Waals surface area (Å²) in [5.74, 6) is -5.28. The van der Waals surface area contributed by atoms with Crippen LogP contribution in [0.5, 0.6) is 5.75 Å². The maximum atomic E-state index is 13.1. The Morgan fingerprint density at radius 1 is 1.28 bits per heavy atom. The zero-order valence-electron chi connectivity index (χ0n) is 16.8. The van der Waals surface area contributed by atoms with Gasteiger partial charge in [-0.2, -0.15) is 22.0 Å². The van der Waals surface area contributed by atoms with Crippen LogP contribution >= 0.6 is 0 Å². The minimum Gasteiger partial charge on any atom is -0.511 e. The zero-order chi connectivity index (χ0) is 24.4. The molecule has 8 nitrogen and oxygen atoms in total. The third-order valence-corrected chi connectivity index (χ3v) is 4.61. The summed E-state index contributed by atoms with van der Waals surface area (Å²) >= 11 is 0. The van der Waals surface area contributed by atoms with E-state index in [9.17, 15) is 41.4 Å². The molecule has 32 heavy (non-hydrogen) atoms. The first-order valence-corrected chi connectivity index (χ1v) is 9.02. The Morgan fingerprint density at radius 2 is 1.91 bits per heavy atom. The number of nitrogens with one attached hydrogen (secondary N) is 1. The molecule has 176 valence electrons. The lowest BCUT2D eigenvalue weighted by molar-refractivity contribution is -0.142. The number of benzene rings is 1. The van der Waals surface area contributed by atoms with Crippen LogP contribution < -0.4 is 10.1 Å². The molecule has 0 aliphatic carbocycles. The summed E-state index contributed by atoms with van der Waals surface area (Å²) in [7, 11) is 0. The lowest BCUT2D eigenvalue weighted by Crippen LogP contribution is -2.53. The fourth-order valence-corrected chi connectivity index (χ4v) is 3.16. The van der Waals surface area contributed by atoms with E-state index < -0.39 is 71.8 Å². The van der Waals surface area contributed by atoms with E-state index in [1.54, 1.807) is 0 Å². The standard InChI is InChI=1S/C19H19F5N2O6/c1-18(2)6-11(27)14(15(30)25-7-13(28)29)16(31)26(18)8-9-3-4-10(19(22,23)24)12(5-9)32-17(20)21/h3-5,17,27H,6-8H2,1-2H3,(H,25,30)(H,28,29). The number of amides is 2. The largest absolute Gasteiger partial charge is 0.511 e. The van der Waals surface area contributed by atoms with Crippen molar-refractivity contribution in [1.29, 1.82) is 0 Å². The highest BCUT2D eigenvalue weighted by atomic mass is 19.4. The van der Waals surface area contributed by atoms with Gasteiger partial charge >= 0.3 is 18.8 Å². The number of carboxylic acids is 1. The predicted octanol–water partition coefficient (Wildman–Crippen LogP) is 2.83. The number of aliphatic hydroxyl groups is 1. The number of halogens is 5. The van der Waals surface area contributed by atoms with Crippen molar-refractivity contribution in [3.05, 3.63) is 40.7 Å². The lowest BCUT2D eigenvalue weighted by Gasteiger charge is -2.42. The number of ether oxygens (including phenoxy) is 1. The number of carbonyl (C=O) groups is 3. The molecule has 1 aliphatic rings. The Labute approximate surface area is 178 Å². The van der Waals surface area contributed by atoms with Crippen molar-refractivity contribution in [3.8, 4) is 5.75 Å². The summed E-state index contributed by atoms with van der Waals surface area (Å²) in [6.07, 6.45) is -5.19. The quantitative estimate of drug-likeness (QED) is 0.421. The van der Waals surface area contributed by atoms with Crippen molar-refractivity contribution in [2.75, 3.05) is 6.54 Å². The summed E-state index contributed by atoms with van der Waals surface area (Å²) < 4.78 is 68.4. The van der Waals surface area contributed by atoms with E-state index >= 15 is 0 Å². The Balaban J connectivity index is 2.39. The molecule has 0 atom stereocenters. The van der Waals surface area contributed by atoms with Gasteiger partial charge in [-0.15, -0.1) is 0 Å². The first-order valence-electron chi connectivity index (χ1n) is 9.02. The average molecular weight is 466 g/mol. The number of hydrogen-bond donors (Lipinski definition) is 3. The number of aliphatic carboxylic acids is 1. The molecule has 0 saturated carbocycles. The van der Waals surface area contributed by atoms with Gasteiger partial charge in [0.25, 0.3) is 11.8 Å². The Bertz CT molecular complexity index is 958. The maximum absolute atomic E-state index is 13.1. The molecule has 0 spiro atoms. The van der Waals surface area contributed by atoms with Crippen LogP contribution in [0.3, 0.4) is 0 Å². The third kappa shape index (κ3) is 5.65. The molecule has 1 aromatic rings. The lowest BCUT2D eigenvalue weighted by atomic mass is 9.88. The van der Waals surface area contributed by atoms with Crippen molar-refractivity contribution in [3.63, 3.8) is 0 Å². The molecular weight excluding hydrogens is 447 g/mol. The van der Waals surface area contributed by atoms with E-state index in [4.69, 9.17) is 5.11 Å². The van der Waals surface area contributed by atoms with Crippen LogP contribution in [0.1, 0.15) is 31.4 Å². The molecule has 0 fully saturated rings. The van der Waals surface area contributed by atoms with Gasteiger partial charge in [0.1, 0.15) is 23.6 Å². The van der Waals surface area contributed by atoms with Crippen molar-refractivity contribution in [2.24, 2.45) is 0 Å². The van der Waals surface area contributed by atoms with Gasteiger partial charge < -0.3 is 25.2 Å². The molecule has 2 rings (SSSR count). The minimum atomic E-state index is -4.97. The predicted molar refractivity (Wildman–Crippen MR) is 97.6 cm³/mol. The molecular formula is C19H19F5N2O6. The molecule has 1 heterocycles. The van der Waals surface area contributed by atoms with E-state index in [2.05, 4.69) is 4.74 Å².